The zero-order chi connectivity index (χ0) is 12.8. The summed E-state index contributed by atoms with van der Waals surface area (Å²) in [6, 6.07) is 9.13. The van der Waals surface area contributed by atoms with E-state index >= 15 is 0 Å². The number of carbonyl (C=O) groups excluding carboxylic acids is 1. The maximum absolute atomic E-state index is 11.7. The standard InChI is InChI=1S/C15H20O3/c1-2-3-4-8-11-13-14(18-13)15(16)17-12-9-6-5-7-10-12/h5-7,9-10,13-14H,2-4,8,11H2,1H3/t13-,14+/m1/s1. The van der Waals surface area contributed by atoms with E-state index in [0.717, 1.165) is 12.8 Å². The van der Waals surface area contributed by atoms with Crippen LogP contribution >= 0.6 is 0 Å². The Balaban J connectivity index is 1.66. The summed E-state index contributed by atoms with van der Waals surface area (Å²) in [7, 11) is 0. The summed E-state index contributed by atoms with van der Waals surface area (Å²) in [5.74, 6) is 0.324. The molecule has 1 aliphatic heterocycles. The van der Waals surface area contributed by atoms with E-state index in [2.05, 4.69) is 6.92 Å². The number of para-hydroxylation sites is 1. The molecule has 18 heavy (non-hydrogen) atoms. The van der Waals surface area contributed by atoms with Crippen LogP contribution in [-0.4, -0.2) is 18.2 Å². The number of rotatable bonds is 7. The normalized spacial score (nSPS) is 21.6. The van der Waals surface area contributed by atoms with E-state index in [-0.39, 0.29) is 18.2 Å². The summed E-state index contributed by atoms with van der Waals surface area (Å²) in [6.07, 6.45) is 5.54. The summed E-state index contributed by atoms with van der Waals surface area (Å²) in [5, 5.41) is 0. The molecule has 2 rings (SSSR count). The highest BCUT2D eigenvalue weighted by Crippen LogP contribution is 2.29. The average molecular weight is 248 g/mol. The molecule has 0 radical (unpaired) electrons. The van der Waals surface area contributed by atoms with Gasteiger partial charge in [-0.15, -0.1) is 0 Å². The minimum absolute atomic E-state index is 0.0815. The van der Waals surface area contributed by atoms with E-state index in [0.29, 0.717) is 5.75 Å². The Bertz CT molecular complexity index is 375. The summed E-state index contributed by atoms with van der Waals surface area (Å²) in [6.45, 7) is 2.19. The Morgan fingerprint density at radius 1 is 1.22 bits per heavy atom. The van der Waals surface area contributed by atoms with Crippen LogP contribution in [0.5, 0.6) is 5.75 Å². The van der Waals surface area contributed by atoms with Crippen LogP contribution < -0.4 is 4.74 Å². The molecule has 1 saturated heterocycles. The maximum Gasteiger partial charge on any atom is 0.343 e. The van der Waals surface area contributed by atoms with Gasteiger partial charge in [-0.05, 0) is 18.6 Å². The summed E-state index contributed by atoms with van der Waals surface area (Å²) in [5.41, 5.74) is 0. The highest BCUT2D eigenvalue weighted by Gasteiger charge is 2.45. The fourth-order valence-electron chi connectivity index (χ4n) is 2.00. The van der Waals surface area contributed by atoms with E-state index in [4.69, 9.17) is 9.47 Å². The van der Waals surface area contributed by atoms with Gasteiger partial charge >= 0.3 is 5.97 Å². The molecular weight excluding hydrogens is 228 g/mol. The fraction of sp³-hybridized carbons (Fsp3) is 0.533. The third-order valence-electron chi connectivity index (χ3n) is 3.12. The molecule has 0 unspecified atom stereocenters. The smallest absolute Gasteiger partial charge is 0.343 e. The number of ether oxygens (including phenoxy) is 2. The lowest BCUT2D eigenvalue weighted by Gasteiger charge is -2.01. The molecule has 1 aromatic rings. The first-order chi connectivity index (χ1) is 8.81. The number of hydrogen-bond donors (Lipinski definition) is 0. The Labute approximate surface area is 108 Å². The van der Waals surface area contributed by atoms with E-state index in [9.17, 15) is 4.79 Å². The van der Waals surface area contributed by atoms with E-state index in [1.54, 1.807) is 12.1 Å². The molecule has 0 spiro atoms. The topological polar surface area (TPSA) is 38.8 Å². The number of epoxide rings is 1. The molecule has 0 saturated carbocycles. The van der Waals surface area contributed by atoms with Crippen molar-refractivity contribution in [2.24, 2.45) is 0 Å². The first-order valence-electron chi connectivity index (χ1n) is 6.73. The molecule has 1 aromatic carbocycles. The zero-order valence-electron chi connectivity index (χ0n) is 10.8. The highest BCUT2D eigenvalue weighted by molar-refractivity contribution is 5.80. The van der Waals surface area contributed by atoms with Crippen LogP contribution in [0.15, 0.2) is 30.3 Å². The maximum atomic E-state index is 11.7. The second-order valence-corrected chi connectivity index (χ2v) is 4.68. The molecule has 1 aliphatic rings. The zero-order valence-corrected chi connectivity index (χ0v) is 10.8. The van der Waals surface area contributed by atoms with Crippen LogP contribution in [0.1, 0.15) is 39.0 Å². The largest absolute Gasteiger partial charge is 0.425 e. The highest BCUT2D eigenvalue weighted by atomic mass is 16.6. The Kier molecular flexibility index (Phi) is 4.76. The molecular formula is C15H20O3. The molecule has 1 heterocycles. The number of carbonyl (C=O) groups is 1. The summed E-state index contributed by atoms with van der Waals surface area (Å²) >= 11 is 0. The Morgan fingerprint density at radius 2 is 2.00 bits per heavy atom. The minimum Gasteiger partial charge on any atom is -0.425 e. The van der Waals surface area contributed by atoms with Gasteiger partial charge in [-0.2, -0.15) is 0 Å². The molecule has 0 bridgehead atoms. The second kappa shape index (κ2) is 6.55. The monoisotopic (exact) mass is 248 g/mol. The molecule has 0 N–H and O–H groups in total. The van der Waals surface area contributed by atoms with Crippen molar-refractivity contribution in [3.8, 4) is 5.75 Å². The molecule has 0 aliphatic carbocycles. The third-order valence-corrected chi connectivity index (χ3v) is 3.12. The van der Waals surface area contributed by atoms with Crippen LogP contribution in [0.3, 0.4) is 0 Å². The number of benzene rings is 1. The lowest BCUT2D eigenvalue weighted by Crippen LogP contribution is -2.17. The second-order valence-electron chi connectivity index (χ2n) is 4.68. The first-order valence-corrected chi connectivity index (χ1v) is 6.73. The van der Waals surface area contributed by atoms with Crippen molar-refractivity contribution in [1.29, 1.82) is 0 Å². The lowest BCUT2D eigenvalue weighted by molar-refractivity contribution is -0.135. The lowest BCUT2D eigenvalue weighted by atomic mass is 10.1. The van der Waals surface area contributed by atoms with Gasteiger partial charge in [0.05, 0.1) is 6.10 Å². The first kappa shape index (κ1) is 13.1. The molecule has 98 valence electrons. The van der Waals surface area contributed by atoms with Crippen molar-refractivity contribution in [3.63, 3.8) is 0 Å². The van der Waals surface area contributed by atoms with Crippen molar-refractivity contribution < 1.29 is 14.3 Å². The molecule has 3 nitrogen and oxygen atoms in total. The van der Waals surface area contributed by atoms with Crippen molar-refractivity contribution >= 4 is 5.97 Å². The molecule has 1 fully saturated rings. The molecule has 3 heteroatoms. The summed E-state index contributed by atoms with van der Waals surface area (Å²) in [4.78, 5) is 11.7. The number of unbranched alkanes of at least 4 members (excludes halogenated alkanes) is 3. The SMILES string of the molecule is CCCCCC[C@H]1O[C@@H]1C(=O)Oc1ccccc1. The van der Waals surface area contributed by atoms with Gasteiger partial charge in [0.2, 0.25) is 0 Å². The van der Waals surface area contributed by atoms with Gasteiger partial charge in [-0.1, -0.05) is 50.8 Å². The van der Waals surface area contributed by atoms with Crippen LogP contribution in [0.2, 0.25) is 0 Å². The molecule has 0 amide bonds. The van der Waals surface area contributed by atoms with Crippen molar-refractivity contribution in [2.45, 2.75) is 51.2 Å². The number of esters is 1. The van der Waals surface area contributed by atoms with Gasteiger partial charge < -0.3 is 9.47 Å². The van der Waals surface area contributed by atoms with Crippen molar-refractivity contribution in [3.05, 3.63) is 30.3 Å². The van der Waals surface area contributed by atoms with E-state index in [1.165, 1.54) is 19.3 Å². The van der Waals surface area contributed by atoms with Gasteiger partial charge in [0, 0.05) is 0 Å². The quantitative estimate of drug-likeness (QED) is 0.321. The van der Waals surface area contributed by atoms with E-state index < -0.39 is 0 Å². The predicted molar refractivity (Wildman–Crippen MR) is 69.5 cm³/mol. The van der Waals surface area contributed by atoms with Gasteiger partial charge in [0.15, 0.2) is 6.10 Å². The van der Waals surface area contributed by atoms with Crippen LogP contribution in [-0.2, 0) is 9.53 Å². The van der Waals surface area contributed by atoms with Crippen LogP contribution in [0.25, 0.3) is 0 Å². The van der Waals surface area contributed by atoms with Gasteiger partial charge in [0.1, 0.15) is 5.75 Å². The van der Waals surface area contributed by atoms with Gasteiger partial charge in [0.25, 0.3) is 0 Å². The molecule has 2 atom stereocenters. The average Bonchev–Trinajstić information content (AvgIpc) is 3.16. The fourth-order valence-corrected chi connectivity index (χ4v) is 2.00. The van der Waals surface area contributed by atoms with Crippen molar-refractivity contribution in [1.82, 2.24) is 0 Å². The minimum atomic E-state index is -0.341. The predicted octanol–water partition coefficient (Wildman–Crippen LogP) is 3.33. The Hall–Kier alpha value is -1.35. The van der Waals surface area contributed by atoms with Crippen LogP contribution in [0.4, 0.5) is 0 Å². The summed E-state index contributed by atoms with van der Waals surface area (Å²) < 4.78 is 10.6. The number of hydrogen-bond acceptors (Lipinski definition) is 3. The van der Waals surface area contributed by atoms with Crippen LogP contribution in [0, 0.1) is 0 Å². The third kappa shape index (κ3) is 3.84. The Morgan fingerprint density at radius 3 is 2.72 bits per heavy atom. The van der Waals surface area contributed by atoms with Crippen molar-refractivity contribution in [2.75, 3.05) is 0 Å². The molecule has 0 aromatic heterocycles. The van der Waals surface area contributed by atoms with Gasteiger partial charge in [-0.25, -0.2) is 4.79 Å². The van der Waals surface area contributed by atoms with Gasteiger partial charge in [-0.3, -0.25) is 0 Å². The van der Waals surface area contributed by atoms with E-state index in [1.807, 2.05) is 18.2 Å².